The van der Waals surface area contributed by atoms with Crippen LogP contribution in [0.5, 0.6) is 0 Å². The maximum absolute atomic E-state index is 12.4. The fourth-order valence-electron chi connectivity index (χ4n) is 2.32. The van der Waals surface area contributed by atoms with Crippen molar-refractivity contribution in [2.75, 3.05) is 11.4 Å². The number of rotatable bonds is 1. The van der Waals surface area contributed by atoms with Crippen molar-refractivity contribution in [3.63, 3.8) is 0 Å². The number of halogens is 1. The largest absolute Gasteiger partial charge is 0.310 e. The van der Waals surface area contributed by atoms with Crippen LogP contribution in [0, 0.1) is 6.92 Å². The maximum Gasteiger partial charge on any atom is 0.243 e. The fourth-order valence-corrected chi connectivity index (χ4v) is 3.03. The quantitative estimate of drug-likeness (QED) is 0.865. The molecule has 0 aromatic heterocycles. The minimum absolute atomic E-state index is 0.129. The lowest BCUT2D eigenvalue weighted by Crippen LogP contribution is -2.43. The summed E-state index contributed by atoms with van der Waals surface area (Å²) >= 11 is 3.56. The molecular weight excluding hydrogens is 292 g/mol. The van der Waals surface area contributed by atoms with Gasteiger partial charge in [-0.15, -0.1) is 0 Å². The van der Waals surface area contributed by atoms with E-state index >= 15 is 0 Å². The Hall–Kier alpha value is -0.870. The van der Waals surface area contributed by atoms with Gasteiger partial charge in [0.25, 0.3) is 0 Å². The second-order valence-electron chi connectivity index (χ2n) is 5.02. The van der Waals surface area contributed by atoms with Gasteiger partial charge >= 0.3 is 0 Å². The number of anilines is 1. The summed E-state index contributed by atoms with van der Waals surface area (Å²) < 4.78 is 0.984. The lowest BCUT2D eigenvalue weighted by atomic mass is 10.2. The summed E-state index contributed by atoms with van der Waals surface area (Å²) in [5.41, 5.74) is 2.15. The Kier molecular flexibility index (Phi) is 4.07. The molecule has 1 N–H and O–H groups in total. The average Bonchev–Trinajstić information content (AvgIpc) is 2.41. The minimum atomic E-state index is -0.129. The van der Waals surface area contributed by atoms with E-state index in [1.807, 2.05) is 30.9 Å². The monoisotopic (exact) mass is 310 g/mol. The zero-order chi connectivity index (χ0) is 13.3. The van der Waals surface area contributed by atoms with Crippen LogP contribution < -0.4 is 10.2 Å². The fraction of sp³-hybridized carbons (Fsp3) is 0.500. The van der Waals surface area contributed by atoms with E-state index in [0.717, 1.165) is 23.1 Å². The molecule has 0 aliphatic carbocycles. The summed E-state index contributed by atoms with van der Waals surface area (Å²) in [4.78, 5) is 14.3. The van der Waals surface area contributed by atoms with E-state index < -0.39 is 0 Å². The van der Waals surface area contributed by atoms with E-state index in [9.17, 15) is 4.79 Å². The molecule has 1 saturated heterocycles. The number of nitrogens with one attached hydrogen (secondary N) is 1. The number of carbonyl (C=O) groups is 1. The zero-order valence-electron chi connectivity index (χ0n) is 11.0. The average molecular weight is 311 g/mol. The van der Waals surface area contributed by atoms with Gasteiger partial charge in [0.2, 0.25) is 5.91 Å². The van der Waals surface area contributed by atoms with Crippen molar-refractivity contribution in [1.82, 2.24) is 5.32 Å². The molecule has 0 saturated carbocycles. The smallest absolute Gasteiger partial charge is 0.243 e. The van der Waals surface area contributed by atoms with Gasteiger partial charge < -0.3 is 10.2 Å². The zero-order valence-corrected chi connectivity index (χ0v) is 12.6. The van der Waals surface area contributed by atoms with Crippen LogP contribution in [-0.2, 0) is 4.79 Å². The molecule has 2 rings (SSSR count). The number of hydrogen-bond donors (Lipinski definition) is 1. The second-order valence-corrected chi connectivity index (χ2v) is 5.88. The molecule has 2 unspecified atom stereocenters. The number of hydrogen-bond acceptors (Lipinski definition) is 2. The third kappa shape index (κ3) is 2.75. The van der Waals surface area contributed by atoms with E-state index in [-0.39, 0.29) is 11.9 Å². The Balaban J connectivity index is 2.33. The molecule has 1 heterocycles. The van der Waals surface area contributed by atoms with Gasteiger partial charge in [-0.3, -0.25) is 4.79 Å². The van der Waals surface area contributed by atoms with Gasteiger partial charge in [-0.25, -0.2) is 0 Å². The van der Waals surface area contributed by atoms with Gasteiger partial charge in [-0.2, -0.15) is 0 Å². The maximum atomic E-state index is 12.4. The van der Waals surface area contributed by atoms with Crippen LogP contribution in [0.15, 0.2) is 22.7 Å². The molecule has 1 aromatic carbocycles. The highest BCUT2D eigenvalue weighted by atomic mass is 79.9. The SMILES string of the molecule is Cc1ccc(N2CCC(C)NC(C)C2=O)c(Br)c1. The van der Waals surface area contributed by atoms with Crippen LogP contribution in [0.2, 0.25) is 0 Å². The van der Waals surface area contributed by atoms with Gasteiger partial charge in [0.1, 0.15) is 0 Å². The summed E-state index contributed by atoms with van der Waals surface area (Å²) in [5, 5.41) is 3.32. The van der Waals surface area contributed by atoms with Crippen LogP contribution >= 0.6 is 15.9 Å². The Bertz CT molecular complexity index is 461. The third-order valence-electron chi connectivity index (χ3n) is 3.35. The topological polar surface area (TPSA) is 32.3 Å². The molecule has 1 aliphatic rings. The minimum Gasteiger partial charge on any atom is -0.310 e. The van der Waals surface area contributed by atoms with Crippen molar-refractivity contribution in [1.29, 1.82) is 0 Å². The molecule has 1 aliphatic heterocycles. The number of aryl methyl sites for hydroxylation is 1. The van der Waals surface area contributed by atoms with E-state index in [1.165, 1.54) is 5.56 Å². The summed E-state index contributed by atoms with van der Waals surface area (Å²) in [6, 6.07) is 6.35. The van der Waals surface area contributed by atoms with Crippen molar-refractivity contribution in [2.45, 2.75) is 39.3 Å². The van der Waals surface area contributed by atoms with Gasteiger partial charge in [-0.1, -0.05) is 6.07 Å². The summed E-state index contributed by atoms with van der Waals surface area (Å²) in [6.45, 7) is 6.86. The summed E-state index contributed by atoms with van der Waals surface area (Å²) in [7, 11) is 0. The highest BCUT2D eigenvalue weighted by molar-refractivity contribution is 9.10. The lowest BCUT2D eigenvalue weighted by molar-refractivity contribution is -0.119. The van der Waals surface area contributed by atoms with Gasteiger partial charge in [0.05, 0.1) is 11.7 Å². The van der Waals surface area contributed by atoms with Crippen LogP contribution in [-0.4, -0.2) is 24.5 Å². The van der Waals surface area contributed by atoms with E-state index in [1.54, 1.807) is 0 Å². The second kappa shape index (κ2) is 5.41. The normalized spacial score (nSPS) is 25.1. The first-order valence-electron chi connectivity index (χ1n) is 6.32. The number of nitrogens with zero attached hydrogens (tertiary/aromatic N) is 1. The van der Waals surface area contributed by atoms with Crippen LogP contribution in [0.4, 0.5) is 5.69 Å². The first-order chi connectivity index (χ1) is 8.49. The van der Waals surface area contributed by atoms with Crippen LogP contribution in [0.1, 0.15) is 25.8 Å². The molecule has 0 radical (unpaired) electrons. The predicted molar refractivity (Wildman–Crippen MR) is 77.9 cm³/mol. The first kappa shape index (κ1) is 13.6. The highest BCUT2D eigenvalue weighted by Crippen LogP contribution is 2.28. The van der Waals surface area contributed by atoms with E-state index in [2.05, 4.69) is 34.2 Å². The standard InChI is InChI=1S/C14H19BrN2O/c1-9-4-5-13(12(15)8-9)17-7-6-10(2)16-11(3)14(17)18/h4-5,8,10-11,16H,6-7H2,1-3H3. The van der Waals surface area contributed by atoms with Crippen LogP contribution in [0.3, 0.4) is 0 Å². The van der Waals surface area contributed by atoms with Crippen LogP contribution in [0.25, 0.3) is 0 Å². The molecular formula is C14H19BrN2O. The first-order valence-corrected chi connectivity index (χ1v) is 7.12. The van der Waals surface area contributed by atoms with Crippen molar-refractivity contribution in [3.05, 3.63) is 28.2 Å². The van der Waals surface area contributed by atoms with Gasteiger partial charge in [0.15, 0.2) is 0 Å². The molecule has 18 heavy (non-hydrogen) atoms. The lowest BCUT2D eigenvalue weighted by Gasteiger charge is -2.24. The van der Waals surface area contributed by atoms with Gasteiger partial charge in [0, 0.05) is 17.1 Å². The van der Waals surface area contributed by atoms with Crippen molar-refractivity contribution in [2.24, 2.45) is 0 Å². The molecule has 0 spiro atoms. The molecule has 3 nitrogen and oxygen atoms in total. The Morgan fingerprint density at radius 2 is 2.11 bits per heavy atom. The third-order valence-corrected chi connectivity index (χ3v) is 3.99. The van der Waals surface area contributed by atoms with Crippen molar-refractivity contribution >= 4 is 27.5 Å². The molecule has 4 heteroatoms. The molecule has 2 atom stereocenters. The van der Waals surface area contributed by atoms with E-state index in [0.29, 0.717) is 6.04 Å². The number of amides is 1. The molecule has 1 aromatic rings. The van der Waals surface area contributed by atoms with E-state index in [4.69, 9.17) is 0 Å². The Morgan fingerprint density at radius 3 is 2.78 bits per heavy atom. The molecule has 98 valence electrons. The summed E-state index contributed by atoms with van der Waals surface area (Å²) in [6.07, 6.45) is 0.969. The highest BCUT2D eigenvalue weighted by Gasteiger charge is 2.27. The van der Waals surface area contributed by atoms with Crippen molar-refractivity contribution in [3.8, 4) is 0 Å². The molecule has 1 amide bonds. The summed E-state index contributed by atoms with van der Waals surface area (Å²) in [5.74, 6) is 0.143. The molecule has 0 bridgehead atoms. The predicted octanol–water partition coefficient (Wildman–Crippen LogP) is 2.86. The number of carbonyl (C=O) groups excluding carboxylic acids is 1. The Morgan fingerprint density at radius 1 is 1.39 bits per heavy atom. The van der Waals surface area contributed by atoms with Crippen molar-refractivity contribution < 1.29 is 4.79 Å². The van der Waals surface area contributed by atoms with Gasteiger partial charge in [-0.05, 0) is 60.8 Å². The Labute approximate surface area is 117 Å². The molecule has 1 fully saturated rings. The number of benzene rings is 1.